The number of carbonyl (C=O) groups excluding carboxylic acids is 1. The highest BCUT2D eigenvalue weighted by atomic mass is 32.1. The van der Waals surface area contributed by atoms with Crippen molar-refractivity contribution in [3.05, 3.63) is 80.3 Å². The van der Waals surface area contributed by atoms with Gasteiger partial charge in [0.05, 0.1) is 22.5 Å². The van der Waals surface area contributed by atoms with Gasteiger partial charge in [-0.1, -0.05) is 31.2 Å². The Morgan fingerprint density at radius 3 is 2.58 bits per heavy atom. The first-order valence-corrected chi connectivity index (χ1v) is 11.7. The number of nitrogens with one attached hydrogen (secondary N) is 1. The van der Waals surface area contributed by atoms with Crippen molar-refractivity contribution >= 4 is 28.0 Å². The van der Waals surface area contributed by atoms with Crippen LogP contribution in [0.3, 0.4) is 0 Å². The first-order valence-electron chi connectivity index (χ1n) is 10.8. The molecular formula is C24H25N5O3S. The first kappa shape index (κ1) is 22.6. The van der Waals surface area contributed by atoms with Crippen molar-refractivity contribution in [3.8, 4) is 10.6 Å². The third kappa shape index (κ3) is 5.09. The lowest BCUT2D eigenvalue weighted by atomic mass is 10.1. The number of aryl methyl sites for hydroxylation is 2. The maximum absolute atomic E-state index is 12.7. The summed E-state index contributed by atoms with van der Waals surface area (Å²) >= 11 is 1.56. The Hall–Kier alpha value is -3.59. The molecule has 0 saturated carbocycles. The van der Waals surface area contributed by atoms with Crippen LogP contribution in [0.1, 0.15) is 25.5 Å². The normalized spacial score (nSPS) is 12.1. The molecule has 8 nitrogen and oxygen atoms in total. The van der Waals surface area contributed by atoms with Gasteiger partial charge in [-0.05, 0) is 30.0 Å². The number of carbonyl (C=O) groups is 1. The van der Waals surface area contributed by atoms with E-state index < -0.39 is 0 Å². The average Bonchev–Trinajstić information content (AvgIpc) is 3.36. The summed E-state index contributed by atoms with van der Waals surface area (Å²) in [4.78, 5) is 38.3. The summed E-state index contributed by atoms with van der Waals surface area (Å²) in [6, 6.07) is 14.2. The van der Waals surface area contributed by atoms with Gasteiger partial charge in [-0.3, -0.25) is 14.4 Å². The van der Waals surface area contributed by atoms with Gasteiger partial charge in [0.25, 0.3) is 11.1 Å². The second kappa shape index (κ2) is 9.91. The number of nitrogens with zero attached hydrogens (tertiary/aromatic N) is 4. The van der Waals surface area contributed by atoms with Crippen molar-refractivity contribution in [2.45, 2.75) is 38.8 Å². The van der Waals surface area contributed by atoms with Crippen LogP contribution >= 0.6 is 11.3 Å². The van der Waals surface area contributed by atoms with E-state index in [2.05, 4.69) is 15.5 Å². The standard InChI is InChI=1S/C24H25N5O3S/c1-3-16(15-29-23(31)13-11-20(27-29)21-9-6-14-33-21)25-22(30)12-10-19-17-7-4-5-8-18(17)24(32)28(2)26-19/h4-9,11,13-14,16H,3,10,12,15H2,1-2H3,(H,25,30)/t16-/m1/s1. The van der Waals surface area contributed by atoms with E-state index in [-0.39, 0.29) is 29.5 Å². The summed E-state index contributed by atoms with van der Waals surface area (Å²) in [5.41, 5.74) is 1.08. The molecule has 3 aromatic heterocycles. The Balaban J connectivity index is 1.44. The molecule has 1 atom stereocenters. The van der Waals surface area contributed by atoms with Gasteiger partial charge in [0.1, 0.15) is 5.69 Å². The van der Waals surface area contributed by atoms with Gasteiger partial charge in [-0.15, -0.1) is 11.3 Å². The summed E-state index contributed by atoms with van der Waals surface area (Å²) < 4.78 is 2.72. The average molecular weight is 464 g/mol. The zero-order valence-corrected chi connectivity index (χ0v) is 19.3. The van der Waals surface area contributed by atoms with Crippen molar-refractivity contribution in [2.75, 3.05) is 0 Å². The lowest BCUT2D eigenvalue weighted by molar-refractivity contribution is -0.121. The van der Waals surface area contributed by atoms with Gasteiger partial charge in [0.15, 0.2) is 0 Å². The minimum atomic E-state index is -0.230. The molecule has 0 aliphatic carbocycles. The summed E-state index contributed by atoms with van der Waals surface area (Å²) in [7, 11) is 1.61. The molecule has 0 saturated heterocycles. The van der Waals surface area contributed by atoms with Crippen LogP contribution in [0.4, 0.5) is 0 Å². The van der Waals surface area contributed by atoms with Crippen LogP contribution < -0.4 is 16.4 Å². The summed E-state index contributed by atoms with van der Waals surface area (Å²) in [6.45, 7) is 2.25. The zero-order chi connectivity index (χ0) is 23.4. The van der Waals surface area contributed by atoms with E-state index in [1.54, 1.807) is 30.5 Å². The summed E-state index contributed by atoms with van der Waals surface area (Å²) in [5, 5.41) is 15.2. The molecule has 0 fully saturated rings. The van der Waals surface area contributed by atoms with Gasteiger partial charge in [-0.25, -0.2) is 9.36 Å². The fraction of sp³-hybridized carbons (Fsp3) is 0.292. The highest BCUT2D eigenvalue weighted by molar-refractivity contribution is 7.13. The van der Waals surface area contributed by atoms with E-state index >= 15 is 0 Å². The number of hydrogen-bond acceptors (Lipinski definition) is 6. The maximum Gasteiger partial charge on any atom is 0.274 e. The minimum absolute atomic E-state index is 0.135. The molecule has 1 amide bonds. The third-order valence-electron chi connectivity index (χ3n) is 5.51. The maximum atomic E-state index is 12.7. The molecule has 4 rings (SSSR count). The molecule has 3 heterocycles. The Morgan fingerprint density at radius 2 is 1.85 bits per heavy atom. The second-order valence-electron chi connectivity index (χ2n) is 7.81. The minimum Gasteiger partial charge on any atom is -0.352 e. The Labute approximate surface area is 194 Å². The molecule has 1 N–H and O–H groups in total. The Kier molecular flexibility index (Phi) is 6.79. The van der Waals surface area contributed by atoms with E-state index in [1.165, 1.54) is 15.4 Å². The lowest BCUT2D eigenvalue weighted by Gasteiger charge is -2.18. The van der Waals surface area contributed by atoms with Gasteiger partial charge in [-0.2, -0.15) is 10.2 Å². The zero-order valence-electron chi connectivity index (χ0n) is 18.5. The number of fused-ring (bicyclic) bond motifs is 1. The van der Waals surface area contributed by atoms with Gasteiger partial charge < -0.3 is 5.32 Å². The van der Waals surface area contributed by atoms with Crippen LogP contribution in [0, 0.1) is 0 Å². The summed E-state index contributed by atoms with van der Waals surface area (Å²) in [6.07, 6.45) is 1.29. The van der Waals surface area contributed by atoms with Crippen LogP contribution in [0.5, 0.6) is 0 Å². The lowest BCUT2D eigenvalue weighted by Crippen LogP contribution is -2.40. The number of aromatic nitrogens is 4. The molecule has 170 valence electrons. The van der Waals surface area contributed by atoms with Crippen LogP contribution in [0.15, 0.2) is 63.5 Å². The second-order valence-corrected chi connectivity index (χ2v) is 8.76. The molecule has 1 aromatic carbocycles. The topological polar surface area (TPSA) is 98.9 Å². The Morgan fingerprint density at radius 1 is 1.06 bits per heavy atom. The number of hydrogen-bond donors (Lipinski definition) is 1. The van der Waals surface area contributed by atoms with Gasteiger partial charge >= 0.3 is 0 Å². The molecule has 0 bridgehead atoms. The largest absolute Gasteiger partial charge is 0.352 e. The van der Waals surface area contributed by atoms with Gasteiger partial charge in [0.2, 0.25) is 5.91 Å². The fourth-order valence-corrected chi connectivity index (χ4v) is 4.40. The van der Waals surface area contributed by atoms with Crippen molar-refractivity contribution in [2.24, 2.45) is 7.05 Å². The summed E-state index contributed by atoms with van der Waals surface area (Å²) in [5.74, 6) is -0.135. The smallest absolute Gasteiger partial charge is 0.274 e. The van der Waals surface area contributed by atoms with Crippen LogP contribution in [-0.2, 0) is 24.8 Å². The van der Waals surface area contributed by atoms with E-state index in [4.69, 9.17) is 0 Å². The van der Waals surface area contributed by atoms with E-state index in [9.17, 15) is 14.4 Å². The SMILES string of the molecule is CC[C@H](Cn1nc(-c2cccs2)ccc1=O)NC(=O)CCc1nn(C)c(=O)c2ccccc12. The number of rotatable bonds is 8. The highest BCUT2D eigenvalue weighted by Crippen LogP contribution is 2.21. The third-order valence-corrected chi connectivity index (χ3v) is 6.41. The van der Waals surface area contributed by atoms with E-state index in [0.29, 0.717) is 30.5 Å². The fourth-order valence-electron chi connectivity index (χ4n) is 3.71. The molecule has 33 heavy (non-hydrogen) atoms. The van der Waals surface area contributed by atoms with E-state index in [0.717, 1.165) is 16.0 Å². The quantitative estimate of drug-likeness (QED) is 0.433. The predicted molar refractivity (Wildman–Crippen MR) is 129 cm³/mol. The Bertz CT molecular complexity index is 1390. The number of benzene rings is 1. The monoisotopic (exact) mass is 463 g/mol. The van der Waals surface area contributed by atoms with Gasteiger partial charge in [0, 0.05) is 37.4 Å². The molecule has 0 unspecified atom stereocenters. The molecule has 0 radical (unpaired) electrons. The predicted octanol–water partition coefficient (Wildman–Crippen LogP) is 2.75. The van der Waals surface area contributed by atoms with Crippen molar-refractivity contribution in [1.82, 2.24) is 24.9 Å². The van der Waals surface area contributed by atoms with Crippen molar-refractivity contribution in [1.29, 1.82) is 0 Å². The first-order chi connectivity index (χ1) is 16.0. The highest BCUT2D eigenvalue weighted by Gasteiger charge is 2.15. The molecule has 0 aliphatic heterocycles. The van der Waals surface area contributed by atoms with Crippen LogP contribution in [0.2, 0.25) is 0 Å². The molecule has 0 aliphatic rings. The number of amides is 1. The van der Waals surface area contributed by atoms with Crippen molar-refractivity contribution in [3.63, 3.8) is 0 Å². The molecule has 0 spiro atoms. The van der Waals surface area contributed by atoms with Crippen LogP contribution in [-0.4, -0.2) is 31.5 Å². The number of thiophene rings is 1. The van der Waals surface area contributed by atoms with Crippen molar-refractivity contribution < 1.29 is 4.79 Å². The van der Waals surface area contributed by atoms with E-state index in [1.807, 2.05) is 42.6 Å². The molecular weight excluding hydrogens is 438 g/mol. The molecule has 4 aromatic rings. The molecule has 9 heteroatoms. The van der Waals surface area contributed by atoms with Crippen LogP contribution in [0.25, 0.3) is 21.3 Å².